The molecule has 0 radical (unpaired) electrons. The van der Waals surface area contributed by atoms with Gasteiger partial charge in [-0.1, -0.05) is 0 Å². The molecule has 1 N–H and O–H groups in total. The van der Waals surface area contributed by atoms with E-state index < -0.39 is 12.5 Å². The number of hydrogen-bond donors (Lipinski definition) is 1. The molecular weight excluding hydrogens is 140 g/mol. The van der Waals surface area contributed by atoms with Crippen molar-refractivity contribution in [2.45, 2.75) is 12.3 Å². The maximum atomic E-state index is 12.3. The molecule has 0 aromatic carbocycles. The molecule has 0 bridgehead atoms. The number of aliphatic hydroxyl groups is 1. The summed E-state index contributed by atoms with van der Waals surface area (Å²) in [6, 6.07) is 0. The van der Waals surface area contributed by atoms with Gasteiger partial charge in [0.15, 0.2) is 0 Å². The van der Waals surface area contributed by atoms with Crippen molar-refractivity contribution < 1.29 is 13.9 Å². The fourth-order valence-corrected chi connectivity index (χ4v) is 0.917. The Labute approximate surface area is 58.4 Å². The van der Waals surface area contributed by atoms with Crippen LogP contribution in [0.4, 0.5) is 8.78 Å². The van der Waals surface area contributed by atoms with Crippen molar-refractivity contribution in [2.75, 3.05) is 26.2 Å². The molecule has 10 heavy (non-hydrogen) atoms. The Kier molecular flexibility index (Phi) is 2.21. The third kappa shape index (κ3) is 1.88. The van der Waals surface area contributed by atoms with Gasteiger partial charge in [0.05, 0.1) is 6.54 Å². The third-order valence-corrected chi connectivity index (χ3v) is 1.63. The molecule has 1 aliphatic heterocycles. The van der Waals surface area contributed by atoms with E-state index >= 15 is 0 Å². The minimum Gasteiger partial charge on any atom is -0.390 e. The van der Waals surface area contributed by atoms with E-state index in [9.17, 15) is 8.78 Å². The molecule has 1 heterocycles. The molecule has 0 aromatic rings. The summed E-state index contributed by atoms with van der Waals surface area (Å²) in [7, 11) is 0. The van der Waals surface area contributed by atoms with E-state index in [-0.39, 0.29) is 6.54 Å². The lowest BCUT2D eigenvalue weighted by atomic mass is 10.2. The quantitative estimate of drug-likeness (QED) is 0.628. The average Bonchev–Trinajstić information content (AvgIpc) is 1.80. The van der Waals surface area contributed by atoms with Crippen molar-refractivity contribution in [2.24, 2.45) is 0 Å². The highest BCUT2D eigenvalue weighted by atomic mass is 19.3. The second-order valence-corrected chi connectivity index (χ2v) is 2.64. The van der Waals surface area contributed by atoms with Gasteiger partial charge in [-0.2, -0.15) is 0 Å². The van der Waals surface area contributed by atoms with Gasteiger partial charge in [0.1, 0.15) is 6.61 Å². The normalized spacial score (nSPS) is 20.7. The minimum absolute atomic E-state index is 0.288. The minimum atomic E-state index is -2.90. The standard InChI is InChI=1S/C6H11F2NO/c7-6(8,5-10)4-9-2-1-3-9/h10H,1-5H2. The van der Waals surface area contributed by atoms with E-state index in [1.54, 1.807) is 4.90 Å². The monoisotopic (exact) mass is 151 g/mol. The molecule has 0 saturated carbocycles. The molecular formula is C6H11F2NO. The summed E-state index contributed by atoms with van der Waals surface area (Å²) in [5.74, 6) is -2.90. The largest absolute Gasteiger partial charge is 0.390 e. The van der Waals surface area contributed by atoms with Crippen LogP contribution in [0.2, 0.25) is 0 Å². The summed E-state index contributed by atoms with van der Waals surface area (Å²) in [6.45, 7) is 0.165. The summed E-state index contributed by atoms with van der Waals surface area (Å²) in [5.41, 5.74) is 0. The molecule has 0 unspecified atom stereocenters. The lowest BCUT2D eigenvalue weighted by Crippen LogP contribution is -2.46. The van der Waals surface area contributed by atoms with Crippen molar-refractivity contribution >= 4 is 0 Å². The SMILES string of the molecule is OCC(F)(F)CN1CCC1. The van der Waals surface area contributed by atoms with Gasteiger partial charge in [-0.05, 0) is 19.5 Å². The first-order valence-corrected chi connectivity index (χ1v) is 3.35. The molecule has 1 rings (SSSR count). The highest BCUT2D eigenvalue weighted by Crippen LogP contribution is 2.17. The molecule has 1 fully saturated rings. The van der Waals surface area contributed by atoms with Crippen LogP contribution in [0.1, 0.15) is 6.42 Å². The second-order valence-electron chi connectivity index (χ2n) is 2.64. The van der Waals surface area contributed by atoms with E-state index in [1.807, 2.05) is 0 Å². The van der Waals surface area contributed by atoms with Gasteiger partial charge in [-0.15, -0.1) is 0 Å². The van der Waals surface area contributed by atoms with Crippen LogP contribution in [0, 0.1) is 0 Å². The average molecular weight is 151 g/mol. The summed E-state index contributed by atoms with van der Waals surface area (Å²) in [6.07, 6.45) is 1.00. The summed E-state index contributed by atoms with van der Waals surface area (Å²) in [5, 5.41) is 8.19. The van der Waals surface area contributed by atoms with Gasteiger partial charge in [-0.25, -0.2) is 8.78 Å². The molecule has 1 saturated heterocycles. The van der Waals surface area contributed by atoms with E-state index in [1.165, 1.54) is 0 Å². The third-order valence-electron chi connectivity index (χ3n) is 1.63. The van der Waals surface area contributed by atoms with Gasteiger partial charge >= 0.3 is 0 Å². The number of likely N-dealkylation sites (tertiary alicyclic amines) is 1. The number of halogens is 2. The Bertz CT molecular complexity index is 114. The molecule has 1 aliphatic rings. The van der Waals surface area contributed by atoms with Crippen LogP contribution in [0.25, 0.3) is 0 Å². The van der Waals surface area contributed by atoms with E-state index in [2.05, 4.69) is 0 Å². The summed E-state index contributed by atoms with van der Waals surface area (Å²) >= 11 is 0. The Balaban J connectivity index is 2.21. The van der Waals surface area contributed by atoms with Gasteiger partial charge in [-0.3, -0.25) is 4.90 Å². The Morgan fingerprint density at radius 1 is 1.40 bits per heavy atom. The molecule has 60 valence electrons. The lowest BCUT2D eigenvalue weighted by Gasteiger charge is -2.33. The highest BCUT2D eigenvalue weighted by Gasteiger charge is 2.32. The van der Waals surface area contributed by atoms with Crippen LogP contribution in [0.5, 0.6) is 0 Å². The van der Waals surface area contributed by atoms with Gasteiger partial charge in [0.2, 0.25) is 0 Å². The smallest absolute Gasteiger partial charge is 0.283 e. The summed E-state index contributed by atoms with van der Waals surface area (Å²) in [4.78, 5) is 1.64. The molecule has 0 aromatic heterocycles. The van der Waals surface area contributed by atoms with Crippen molar-refractivity contribution in [3.05, 3.63) is 0 Å². The second kappa shape index (κ2) is 2.80. The maximum absolute atomic E-state index is 12.3. The topological polar surface area (TPSA) is 23.5 Å². The summed E-state index contributed by atoms with van der Waals surface area (Å²) < 4.78 is 24.7. The molecule has 0 aliphatic carbocycles. The first kappa shape index (κ1) is 7.88. The first-order valence-electron chi connectivity index (χ1n) is 3.35. The zero-order chi connectivity index (χ0) is 7.61. The lowest BCUT2D eigenvalue weighted by molar-refractivity contribution is -0.0823. The van der Waals surface area contributed by atoms with Crippen molar-refractivity contribution in [3.63, 3.8) is 0 Å². The number of alkyl halides is 2. The van der Waals surface area contributed by atoms with E-state index in [0.29, 0.717) is 0 Å². The van der Waals surface area contributed by atoms with Gasteiger partial charge in [0.25, 0.3) is 5.92 Å². The number of aliphatic hydroxyl groups excluding tert-OH is 1. The fraction of sp³-hybridized carbons (Fsp3) is 1.00. The number of hydrogen-bond acceptors (Lipinski definition) is 2. The van der Waals surface area contributed by atoms with Crippen molar-refractivity contribution in [1.29, 1.82) is 0 Å². The maximum Gasteiger partial charge on any atom is 0.283 e. The Hall–Kier alpha value is -0.220. The van der Waals surface area contributed by atoms with Crippen LogP contribution in [0.15, 0.2) is 0 Å². The van der Waals surface area contributed by atoms with Crippen molar-refractivity contribution in [3.8, 4) is 0 Å². The van der Waals surface area contributed by atoms with Crippen LogP contribution < -0.4 is 0 Å². The Morgan fingerprint density at radius 3 is 2.30 bits per heavy atom. The highest BCUT2D eigenvalue weighted by molar-refractivity contribution is 4.76. The zero-order valence-corrected chi connectivity index (χ0v) is 5.69. The molecule has 0 spiro atoms. The van der Waals surface area contributed by atoms with Gasteiger partial charge < -0.3 is 5.11 Å². The molecule has 4 heteroatoms. The molecule has 0 atom stereocenters. The number of nitrogens with zero attached hydrogens (tertiary/aromatic N) is 1. The van der Waals surface area contributed by atoms with Crippen LogP contribution in [0.3, 0.4) is 0 Å². The Morgan fingerprint density at radius 2 is 2.00 bits per heavy atom. The van der Waals surface area contributed by atoms with Crippen LogP contribution in [-0.2, 0) is 0 Å². The molecule has 2 nitrogen and oxygen atoms in total. The first-order chi connectivity index (χ1) is 4.64. The zero-order valence-electron chi connectivity index (χ0n) is 5.69. The predicted octanol–water partition coefficient (Wildman–Crippen LogP) is 0.320. The van der Waals surface area contributed by atoms with Crippen molar-refractivity contribution in [1.82, 2.24) is 4.90 Å². The predicted molar refractivity (Wildman–Crippen MR) is 33.1 cm³/mol. The van der Waals surface area contributed by atoms with E-state index in [0.717, 1.165) is 19.5 Å². The van der Waals surface area contributed by atoms with Crippen LogP contribution in [-0.4, -0.2) is 42.2 Å². The molecule has 0 amide bonds. The van der Waals surface area contributed by atoms with Crippen LogP contribution >= 0.6 is 0 Å². The number of rotatable bonds is 3. The van der Waals surface area contributed by atoms with E-state index in [4.69, 9.17) is 5.11 Å². The van der Waals surface area contributed by atoms with Gasteiger partial charge in [0, 0.05) is 0 Å². The fourth-order valence-electron chi connectivity index (χ4n) is 0.917.